The summed E-state index contributed by atoms with van der Waals surface area (Å²) in [6.07, 6.45) is 5.88. The van der Waals surface area contributed by atoms with E-state index in [9.17, 15) is 5.11 Å². The molecule has 4 rings (SSSR count). The molecule has 0 aliphatic rings. The first kappa shape index (κ1) is 17.4. The number of hydrogen-bond donors (Lipinski definition) is 1. The summed E-state index contributed by atoms with van der Waals surface area (Å²) in [4.78, 5) is 4.27. The van der Waals surface area contributed by atoms with Crippen LogP contribution in [0.3, 0.4) is 0 Å². The van der Waals surface area contributed by atoms with Crippen molar-refractivity contribution in [2.24, 2.45) is 7.05 Å². The Hall–Kier alpha value is -2.47. The fraction of sp³-hybridized carbons (Fsp3) is 0.0476. The van der Waals surface area contributed by atoms with Gasteiger partial charge in [0.05, 0.1) is 0 Å². The Kier molecular flexibility index (Phi) is 4.99. The van der Waals surface area contributed by atoms with Crippen LogP contribution < -0.4 is 28.5 Å². The minimum Gasteiger partial charge on any atom is -1.00 e. The predicted octanol–water partition coefficient (Wildman–Crippen LogP) is 1.09. The number of phenols is 1. The lowest BCUT2D eigenvalue weighted by Gasteiger charge is -2.03. The van der Waals surface area contributed by atoms with Gasteiger partial charge in [0, 0.05) is 35.2 Å². The Bertz CT molecular complexity index is 1090. The number of rotatable bonds is 2. The lowest BCUT2D eigenvalue weighted by molar-refractivity contribution is -0.646. The number of phenolic OH excluding ortho intramolecular Hbond substituents is 1. The van der Waals surface area contributed by atoms with Gasteiger partial charge in [-0.3, -0.25) is 4.98 Å². The first-order valence-electron chi connectivity index (χ1n) is 7.86. The van der Waals surface area contributed by atoms with Gasteiger partial charge in [-0.1, -0.05) is 24.3 Å². The predicted molar refractivity (Wildman–Crippen MR) is 97.5 cm³/mol. The molecule has 2 aromatic heterocycles. The Labute approximate surface area is 163 Å². The van der Waals surface area contributed by atoms with Crippen LogP contribution in [0.1, 0.15) is 11.3 Å². The Balaban J connectivity index is 0.00000182. The zero-order valence-electron chi connectivity index (χ0n) is 13.7. The minimum atomic E-state index is 0. The summed E-state index contributed by atoms with van der Waals surface area (Å²) in [5, 5.41) is 12.1. The summed E-state index contributed by atoms with van der Waals surface area (Å²) < 4.78 is 2.17. The van der Waals surface area contributed by atoms with E-state index in [2.05, 4.69) is 59.1 Å². The molecule has 4 heteroatoms. The topological polar surface area (TPSA) is 37.0 Å². The molecule has 2 aromatic carbocycles. The molecule has 0 radical (unpaired) electrons. The second-order valence-corrected chi connectivity index (χ2v) is 5.78. The van der Waals surface area contributed by atoms with E-state index in [1.807, 2.05) is 24.3 Å². The molecule has 0 aliphatic heterocycles. The molecule has 0 fully saturated rings. The molecule has 3 nitrogen and oxygen atoms in total. The van der Waals surface area contributed by atoms with Gasteiger partial charge >= 0.3 is 0 Å². The first-order chi connectivity index (χ1) is 11.7. The number of halogens is 1. The normalized spacial score (nSPS) is 11.1. The van der Waals surface area contributed by atoms with Gasteiger partial charge in [-0.05, 0) is 35.9 Å². The smallest absolute Gasteiger partial charge is 0.212 e. The number of aromatic nitrogens is 2. The SMILES string of the molecule is C[n+]1c(/C=C/c2ccnc3c(O)cccc23)ccc2ccccc21.[I-]. The summed E-state index contributed by atoms with van der Waals surface area (Å²) in [5.74, 6) is 0.207. The Morgan fingerprint density at radius 2 is 1.76 bits per heavy atom. The monoisotopic (exact) mass is 440 g/mol. The second-order valence-electron chi connectivity index (χ2n) is 5.78. The molecule has 4 aromatic rings. The van der Waals surface area contributed by atoms with Crippen molar-refractivity contribution in [3.8, 4) is 5.75 Å². The standard InChI is InChI=1S/C21H16N2O.HI/c1-23-17(12-10-16-5-2-3-7-19(16)23)11-9-15-13-14-22-21-18(15)6-4-8-20(21)24;/h2-14H,1H3;1H. The second kappa shape index (κ2) is 7.19. The van der Waals surface area contributed by atoms with E-state index in [4.69, 9.17) is 0 Å². The summed E-state index contributed by atoms with van der Waals surface area (Å²) in [6.45, 7) is 0. The molecule has 0 unspecified atom stereocenters. The maximum absolute atomic E-state index is 9.95. The largest absolute Gasteiger partial charge is 1.00 e. The minimum absolute atomic E-state index is 0. The third kappa shape index (κ3) is 3.22. The molecule has 0 amide bonds. The molecule has 2 heterocycles. The maximum Gasteiger partial charge on any atom is 0.212 e. The zero-order valence-corrected chi connectivity index (χ0v) is 15.9. The van der Waals surface area contributed by atoms with Gasteiger partial charge in [-0.15, -0.1) is 0 Å². The molecule has 0 spiro atoms. The van der Waals surface area contributed by atoms with Crippen LogP contribution in [0.5, 0.6) is 5.75 Å². The summed E-state index contributed by atoms with van der Waals surface area (Å²) in [5.41, 5.74) is 3.96. The Morgan fingerprint density at radius 3 is 2.64 bits per heavy atom. The fourth-order valence-corrected chi connectivity index (χ4v) is 3.03. The van der Waals surface area contributed by atoms with Crippen molar-refractivity contribution >= 4 is 34.0 Å². The quantitative estimate of drug-likeness (QED) is 0.375. The van der Waals surface area contributed by atoms with Crippen LogP contribution in [0.15, 0.2) is 66.9 Å². The summed E-state index contributed by atoms with van der Waals surface area (Å²) >= 11 is 0. The highest BCUT2D eigenvalue weighted by Gasteiger charge is 2.09. The van der Waals surface area contributed by atoms with Crippen molar-refractivity contribution in [3.05, 3.63) is 78.1 Å². The van der Waals surface area contributed by atoms with E-state index < -0.39 is 0 Å². The fourth-order valence-electron chi connectivity index (χ4n) is 3.03. The highest BCUT2D eigenvalue weighted by Crippen LogP contribution is 2.25. The van der Waals surface area contributed by atoms with Crippen molar-refractivity contribution < 1.29 is 33.7 Å². The van der Waals surface area contributed by atoms with Crippen molar-refractivity contribution in [3.63, 3.8) is 0 Å². The van der Waals surface area contributed by atoms with E-state index in [0.717, 1.165) is 16.6 Å². The van der Waals surface area contributed by atoms with Gasteiger partial charge in [-0.25, -0.2) is 0 Å². The third-order valence-electron chi connectivity index (χ3n) is 4.34. The molecule has 1 N–H and O–H groups in total. The third-order valence-corrected chi connectivity index (χ3v) is 4.34. The van der Waals surface area contributed by atoms with E-state index in [1.165, 1.54) is 10.9 Å². The van der Waals surface area contributed by atoms with Gasteiger partial charge in [0.1, 0.15) is 18.3 Å². The molecule has 124 valence electrons. The van der Waals surface area contributed by atoms with Crippen LogP contribution in [-0.2, 0) is 7.05 Å². The van der Waals surface area contributed by atoms with Crippen LogP contribution in [-0.4, -0.2) is 10.1 Å². The molecule has 0 atom stereocenters. The van der Waals surface area contributed by atoms with Crippen molar-refractivity contribution in [2.45, 2.75) is 0 Å². The van der Waals surface area contributed by atoms with Crippen LogP contribution in [0.25, 0.3) is 34.0 Å². The van der Waals surface area contributed by atoms with Crippen LogP contribution in [0, 0.1) is 0 Å². The molecular weight excluding hydrogens is 423 g/mol. The highest BCUT2D eigenvalue weighted by molar-refractivity contribution is 5.93. The highest BCUT2D eigenvalue weighted by atomic mass is 127. The van der Waals surface area contributed by atoms with Crippen LogP contribution in [0.4, 0.5) is 0 Å². The average Bonchev–Trinajstić information content (AvgIpc) is 2.62. The van der Waals surface area contributed by atoms with Crippen LogP contribution >= 0.6 is 0 Å². The summed E-state index contributed by atoms with van der Waals surface area (Å²) in [7, 11) is 2.07. The van der Waals surface area contributed by atoms with E-state index in [0.29, 0.717) is 5.52 Å². The van der Waals surface area contributed by atoms with Gasteiger partial charge in [0.15, 0.2) is 0 Å². The Morgan fingerprint density at radius 1 is 0.920 bits per heavy atom. The van der Waals surface area contributed by atoms with E-state index in [1.54, 1.807) is 12.3 Å². The van der Waals surface area contributed by atoms with Gasteiger partial charge in [0.2, 0.25) is 11.2 Å². The molecule has 0 bridgehead atoms. The number of aryl methyl sites for hydroxylation is 1. The molecule has 0 aliphatic carbocycles. The molecule has 25 heavy (non-hydrogen) atoms. The van der Waals surface area contributed by atoms with Gasteiger partial charge in [-0.2, -0.15) is 4.57 Å². The van der Waals surface area contributed by atoms with Crippen molar-refractivity contribution in [1.29, 1.82) is 0 Å². The summed E-state index contributed by atoms with van der Waals surface area (Å²) in [6, 6.07) is 20.0. The molecule has 0 saturated carbocycles. The lowest BCUT2D eigenvalue weighted by atomic mass is 10.1. The number of pyridine rings is 2. The maximum atomic E-state index is 9.95. The average molecular weight is 440 g/mol. The van der Waals surface area contributed by atoms with Gasteiger partial charge < -0.3 is 29.1 Å². The zero-order chi connectivity index (χ0) is 16.5. The first-order valence-corrected chi connectivity index (χ1v) is 7.86. The number of nitrogens with zero attached hydrogens (tertiary/aromatic N) is 2. The van der Waals surface area contributed by atoms with Crippen molar-refractivity contribution in [2.75, 3.05) is 0 Å². The van der Waals surface area contributed by atoms with E-state index in [-0.39, 0.29) is 29.7 Å². The van der Waals surface area contributed by atoms with Crippen molar-refractivity contribution in [1.82, 2.24) is 4.98 Å². The van der Waals surface area contributed by atoms with Crippen LogP contribution in [0.2, 0.25) is 0 Å². The molecular formula is C21H17IN2O. The lowest BCUT2D eigenvalue weighted by Crippen LogP contribution is -3.00. The number of fused-ring (bicyclic) bond motifs is 2. The number of hydrogen-bond acceptors (Lipinski definition) is 2. The number of aromatic hydroxyl groups is 1. The number of para-hydroxylation sites is 2. The van der Waals surface area contributed by atoms with E-state index >= 15 is 0 Å². The molecule has 0 saturated heterocycles. The van der Waals surface area contributed by atoms with Gasteiger partial charge in [0.25, 0.3) is 0 Å². The number of benzene rings is 2.